The van der Waals surface area contributed by atoms with Crippen LogP contribution in [0.1, 0.15) is 28.0 Å². The summed E-state index contributed by atoms with van der Waals surface area (Å²) in [4.78, 5) is 14.3. The van der Waals surface area contributed by atoms with Gasteiger partial charge in [0.1, 0.15) is 16.4 Å². The number of alkyl halides is 2. The van der Waals surface area contributed by atoms with Crippen LogP contribution in [0.2, 0.25) is 0 Å². The predicted octanol–water partition coefficient (Wildman–Crippen LogP) is 1.75. The van der Waals surface area contributed by atoms with Gasteiger partial charge in [0.05, 0.1) is 5.56 Å². The van der Waals surface area contributed by atoms with E-state index in [1.807, 2.05) is 0 Å². The molecule has 0 unspecified atom stereocenters. The van der Waals surface area contributed by atoms with Crippen LogP contribution >= 0.6 is 15.9 Å². The van der Waals surface area contributed by atoms with Gasteiger partial charge in [0, 0.05) is 5.56 Å². The van der Waals surface area contributed by atoms with Crippen molar-refractivity contribution in [2.24, 2.45) is 5.73 Å². The number of nitrogens with two attached hydrogens (primary N) is 1. The molecule has 0 spiro atoms. The molecular formula is C8H4BrF2N3O. The Morgan fingerprint density at radius 3 is 2.67 bits per heavy atom. The lowest BCUT2D eigenvalue weighted by atomic mass is 10.1. The predicted molar refractivity (Wildman–Crippen MR) is 50.1 cm³/mol. The number of amides is 1. The third kappa shape index (κ3) is 2.27. The fourth-order valence-corrected chi connectivity index (χ4v) is 1.45. The lowest BCUT2D eigenvalue weighted by Crippen LogP contribution is -2.14. The number of nitriles is 1. The topological polar surface area (TPSA) is 79.8 Å². The van der Waals surface area contributed by atoms with Gasteiger partial charge < -0.3 is 5.73 Å². The second-order valence-corrected chi connectivity index (χ2v) is 3.29. The Hall–Kier alpha value is -1.55. The Morgan fingerprint density at radius 1 is 1.67 bits per heavy atom. The van der Waals surface area contributed by atoms with Crippen molar-refractivity contribution >= 4 is 21.8 Å². The summed E-state index contributed by atoms with van der Waals surface area (Å²) in [6, 6.07) is 2.39. The molecule has 0 aliphatic carbocycles. The molecule has 1 aromatic heterocycles. The van der Waals surface area contributed by atoms with Crippen LogP contribution in [0, 0.1) is 11.3 Å². The molecule has 0 aromatic carbocycles. The van der Waals surface area contributed by atoms with E-state index in [0.29, 0.717) is 0 Å². The molecule has 2 N–H and O–H groups in total. The zero-order valence-corrected chi connectivity index (χ0v) is 8.75. The fourth-order valence-electron chi connectivity index (χ4n) is 0.942. The smallest absolute Gasteiger partial charge is 0.267 e. The second-order valence-electron chi connectivity index (χ2n) is 2.54. The summed E-state index contributed by atoms with van der Waals surface area (Å²) in [5, 5.41) is 8.61. The molecule has 0 aliphatic rings. The van der Waals surface area contributed by atoms with Crippen LogP contribution < -0.4 is 5.73 Å². The zero-order chi connectivity index (χ0) is 11.6. The van der Waals surface area contributed by atoms with E-state index in [4.69, 9.17) is 11.0 Å². The van der Waals surface area contributed by atoms with Gasteiger partial charge in [0.2, 0.25) is 0 Å². The molecule has 0 radical (unpaired) electrons. The largest absolute Gasteiger partial charge is 0.364 e. The van der Waals surface area contributed by atoms with Crippen molar-refractivity contribution in [1.29, 1.82) is 5.26 Å². The Kier molecular flexibility index (Phi) is 3.31. The minimum Gasteiger partial charge on any atom is -0.364 e. The number of rotatable bonds is 2. The first-order chi connectivity index (χ1) is 6.97. The molecule has 1 aromatic rings. The van der Waals surface area contributed by atoms with E-state index in [2.05, 4.69) is 20.9 Å². The van der Waals surface area contributed by atoms with Crippen molar-refractivity contribution in [2.75, 3.05) is 0 Å². The van der Waals surface area contributed by atoms with E-state index in [1.165, 1.54) is 0 Å². The lowest BCUT2D eigenvalue weighted by Gasteiger charge is -2.05. The van der Waals surface area contributed by atoms with Crippen molar-refractivity contribution in [3.8, 4) is 6.07 Å². The molecule has 78 valence electrons. The highest BCUT2D eigenvalue weighted by Crippen LogP contribution is 2.27. The average molecular weight is 276 g/mol. The number of pyridine rings is 1. The summed E-state index contributed by atoms with van der Waals surface area (Å²) in [6.07, 6.45) is -2.86. The Bertz CT molecular complexity index is 456. The summed E-state index contributed by atoms with van der Waals surface area (Å²) in [5.74, 6) is -0.929. The average Bonchev–Trinajstić information content (AvgIpc) is 2.16. The summed E-state index contributed by atoms with van der Waals surface area (Å²) in [6.45, 7) is 0. The molecule has 0 bridgehead atoms. The maximum atomic E-state index is 12.5. The van der Waals surface area contributed by atoms with Crippen LogP contribution in [0.15, 0.2) is 10.7 Å². The van der Waals surface area contributed by atoms with Gasteiger partial charge in [0.25, 0.3) is 12.3 Å². The minimum absolute atomic E-state index is 0.114. The summed E-state index contributed by atoms with van der Waals surface area (Å²) < 4.78 is 24.9. The molecule has 1 heterocycles. The summed E-state index contributed by atoms with van der Waals surface area (Å²) >= 11 is 2.82. The second kappa shape index (κ2) is 4.31. The molecule has 4 nitrogen and oxygen atoms in total. The normalized spacial score (nSPS) is 10.1. The number of carbonyl (C=O) groups excluding carboxylic acids is 1. The monoisotopic (exact) mass is 275 g/mol. The Balaban J connectivity index is 3.47. The number of halogens is 3. The van der Waals surface area contributed by atoms with Crippen LogP contribution in [0.3, 0.4) is 0 Å². The van der Waals surface area contributed by atoms with Gasteiger partial charge in [-0.1, -0.05) is 0 Å². The van der Waals surface area contributed by atoms with Gasteiger partial charge in [-0.3, -0.25) is 4.79 Å². The van der Waals surface area contributed by atoms with Gasteiger partial charge >= 0.3 is 0 Å². The third-order valence-corrected chi connectivity index (χ3v) is 2.18. The number of hydrogen-bond donors (Lipinski definition) is 1. The lowest BCUT2D eigenvalue weighted by molar-refractivity contribution is 0.0994. The number of nitrogens with zero attached hydrogens (tertiary/aromatic N) is 2. The highest BCUT2D eigenvalue weighted by Gasteiger charge is 2.19. The molecule has 0 saturated heterocycles. The van der Waals surface area contributed by atoms with Crippen LogP contribution in [-0.4, -0.2) is 10.9 Å². The molecule has 1 amide bonds. The molecule has 0 aliphatic heterocycles. The maximum absolute atomic E-state index is 12.5. The minimum atomic E-state index is -2.86. The van der Waals surface area contributed by atoms with E-state index in [-0.39, 0.29) is 15.9 Å². The van der Waals surface area contributed by atoms with Crippen LogP contribution in [0.25, 0.3) is 0 Å². The van der Waals surface area contributed by atoms with Crippen molar-refractivity contribution in [2.45, 2.75) is 6.43 Å². The molecule has 0 atom stereocenters. The molecular weight excluding hydrogens is 272 g/mol. The Labute approximate surface area is 91.8 Å². The van der Waals surface area contributed by atoms with Crippen molar-refractivity contribution in [1.82, 2.24) is 4.98 Å². The van der Waals surface area contributed by atoms with Gasteiger partial charge in [-0.2, -0.15) is 5.26 Å². The van der Waals surface area contributed by atoms with E-state index in [0.717, 1.165) is 6.07 Å². The molecule has 7 heteroatoms. The van der Waals surface area contributed by atoms with Gasteiger partial charge in [0.15, 0.2) is 0 Å². The quantitative estimate of drug-likeness (QED) is 0.835. The number of primary amides is 1. The number of carbonyl (C=O) groups is 1. The molecule has 0 fully saturated rings. The first-order valence-electron chi connectivity index (χ1n) is 3.66. The third-order valence-electron chi connectivity index (χ3n) is 1.61. The van der Waals surface area contributed by atoms with E-state index in [1.54, 1.807) is 6.07 Å². The van der Waals surface area contributed by atoms with Crippen LogP contribution in [0.4, 0.5) is 8.78 Å². The number of hydrogen-bond acceptors (Lipinski definition) is 3. The molecule has 0 saturated carbocycles. The van der Waals surface area contributed by atoms with Gasteiger partial charge in [-0.15, -0.1) is 0 Å². The fraction of sp³-hybridized carbons (Fsp3) is 0.125. The SMILES string of the molecule is N#Cc1c(C(F)F)cc(C(N)=O)nc1Br. The van der Waals surface area contributed by atoms with Gasteiger partial charge in [-0.05, 0) is 22.0 Å². The van der Waals surface area contributed by atoms with Crippen LogP contribution in [-0.2, 0) is 0 Å². The van der Waals surface area contributed by atoms with Crippen molar-refractivity contribution in [3.05, 3.63) is 27.5 Å². The first-order valence-corrected chi connectivity index (χ1v) is 4.45. The van der Waals surface area contributed by atoms with E-state index < -0.39 is 17.9 Å². The maximum Gasteiger partial charge on any atom is 0.267 e. The van der Waals surface area contributed by atoms with Gasteiger partial charge in [-0.25, -0.2) is 13.8 Å². The zero-order valence-electron chi connectivity index (χ0n) is 7.17. The number of aromatic nitrogens is 1. The summed E-state index contributed by atoms with van der Waals surface area (Å²) in [5.41, 5.74) is 3.73. The highest BCUT2D eigenvalue weighted by molar-refractivity contribution is 9.10. The Morgan fingerprint density at radius 2 is 2.27 bits per heavy atom. The first kappa shape index (κ1) is 11.5. The molecule has 1 rings (SSSR count). The van der Waals surface area contributed by atoms with E-state index in [9.17, 15) is 13.6 Å². The van der Waals surface area contributed by atoms with E-state index >= 15 is 0 Å². The summed E-state index contributed by atoms with van der Waals surface area (Å²) in [7, 11) is 0. The molecule has 15 heavy (non-hydrogen) atoms. The van der Waals surface area contributed by atoms with Crippen LogP contribution in [0.5, 0.6) is 0 Å². The highest BCUT2D eigenvalue weighted by atomic mass is 79.9. The van der Waals surface area contributed by atoms with Crippen molar-refractivity contribution < 1.29 is 13.6 Å². The standard InChI is InChI=1S/C8H4BrF2N3O/c9-6-4(2-12)3(7(10)11)1-5(14-6)8(13)15/h1,7H,(H2,13,15). The van der Waals surface area contributed by atoms with Crippen molar-refractivity contribution in [3.63, 3.8) is 0 Å².